The van der Waals surface area contributed by atoms with Crippen molar-refractivity contribution in [1.29, 1.82) is 0 Å². The van der Waals surface area contributed by atoms with Crippen molar-refractivity contribution in [3.63, 3.8) is 0 Å². The lowest BCUT2D eigenvalue weighted by Gasteiger charge is -2.10. The molecule has 0 heterocycles. The van der Waals surface area contributed by atoms with E-state index in [9.17, 15) is 19.7 Å². The van der Waals surface area contributed by atoms with Gasteiger partial charge in [-0.05, 0) is 17.7 Å². The first kappa shape index (κ1) is 16.1. The maximum atomic E-state index is 13.2. The van der Waals surface area contributed by atoms with Gasteiger partial charge in [0.2, 0.25) is 0 Å². The van der Waals surface area contributed by atoms with Crippen LogP contribution in [0.4, 0.5) is 0 Å². The molecule has 6 heteroatoms. The highest BCUT2D eigenvalue weighted by atomic mass is 79.9. The third-order valence-electron chi connectivity index (χ3n) is 5.71. The van der Waals surface area contributed by atoms with E-state index in [1.54, 1.807) is 55.5 Å². The van der Waals surface area contributed by atoms with Crippen LogP contribution in [0.25, 0.3) is 0 Å². The summed E-state index contributed by atoms with van der Waals surface area (Å²) in [5, 5.41) is 12.1. The Morgan fingerprint density at radius 1 is 1.04 bits per heavy atom. The normalized spacial score (nSPS) is 25.9. The average molecular weight is 400 g/mol. The minimum absolute atomic E-state index is 0.117. The van der Waals surface area contributed by atoms with Gasteiger partial charge in [0, 0.05) is 26.9 Å². The summed E-state index contributed by atoms with van der Waals surface area (Å²) < 4.78 is 0.835. The van der Waals surface area contributed by atoms with Gasteiger partial charge in [-0.25, -0.2) is 0 Å². The molecule has 0 amide bonds. The van der Waals surface area contributed by atoms with Crippen LogP contribution in [-0.2, 0) is 0 Å². The van der Waals surface area contributed by atoms with E-state index in [0.717, 1.165) is 4.47 Å². The van der Waals surface area contributed by atoms with E-state index in [-0.39, 0.29) is 6.42 Å². The van der Waals surface area contributed by atoms with Gasteiger partial charge in [0.05, 0.1) is 5.92 Å². The minimum atomic E-state index is -1.62. The molecule has 0 radical (unpaired) electrons. The number of rotatable bonds is 3. The summed E-state index contributed by atoms with van der Waals surface area (Å²) in [4.78, 5) is 38.0. The Kier molecular flexibility index (Phi) is 3.28. The molecule has 0 aromatic heterocycles. The number of hydrogen-bond donors (Lipinski definition) is 0. The first-order chi connectivity index (χ1) is 11.9. The van der Waals surface area contributed by atoms with E-state index >= 15 is 0 Å². The number of ketones is 2. The van der Waals surface area contributed by atoms with Gasteiger partial charge in [0.1, 0.15) is 0 Å². The van der Waals surface area contributed by atoms with Gasteiger partial charge >= 0.3 is 0 Å². The van der Waals surface area contributed by atoms with Crippen LogP contribution < -0.4 is 0 Å². The van der Waals surface area contributed by atoms with Gasteiger partial charge in [-0.2, -0.15) is 0 Å². The van der Waals surface area contributed by atoms with Crippen LogP contribution >= 0.6 is 15.9 Å². The molecule has 0 unspecified atom stereocenters. The van der Waals surface area contributed by atoms with Crippen LogP contribution in [-0.4, -0.2) is 22.0 Å². The fraction of sp³-hybridized carbons (Fsp3) is 0.263. The maximum Gasteiger partial charge on any atom is 0.251 e. The molecule has 0 saturated heterocycles. The third kappa shape index (κ3) is 1.68. The first-order valence-corrected chi connectivity index (χ1v) is 8.80. The Labute approximate surface area is 152 Å². The van der Waals surface area contributed by atoms with E-state index in [1.807, 2.05) is 0 Å². The summed E-state index contributed by atoms with van der Waals surface area (Å²) >= 11 is 3.34. The molecule has 5 nitrogen and oxygen atoms in total. The molecule has 0 N–H and O–H groups in total. The van der Waals surface area contributed by atoms with Gasteiger partial charge in [-0.3, -0.25) is 19.7 Å². The Morgan fingerprint density at radius 3 is 2.00 bits per heavy atom. The summed E-state index contributed by atoms with van der Waals surface area (Å²) in [5.41, 5.74) is -1.97. The summed E-state index contributed by atoms with van der Waals surface area (Å²) in [6.07, 6.45) is 0.117. The number of carbonyl (C=O) groups excluding carboxylic acids is 2. The van der Waals surface area contributed by atoms with Crippen molar-refractivity contribution in [3.05, 3.63) is 79.8 Å². The zero-order chi connectivity index (χ0) is 18.0. The Morgan fingerprint density at radius 2 is 1.56 bits per heavy atom. The van der Waals surface area contributed by atoms with Crippen LogP contribution in [0.15, 0.2) is 53.0 Å². The van der Waals surface area contributed by atoms with Crippen LogP contribution in [0.3, 0.4) is 0 Å². The predicted octanol–water partition coefficient (Wildman–Crippen LogP) is 4.04. The van der Waals surface area contributed by atoms with Gasteiger partial charge in [-0.1, -0.05) is 59.3 Å². The van der Waals surface area contributed by atoms with Crippen molar-refractivity contribution in [2.24, 2.45) is 5.41 Å². The monoisotopic (exact) mass is 399 g/mol. The van der Waals surface area contributed by atoms with E-state index in [4.69, 9.17) is 0 Å². The molecule has 126 valence electrons. The van der Waals surface area contributed by atoms with Crippen LogP contribution in [0.5, 0.6) is 0 Å². The second-order valence-corrected chi connectivity index (χ2v) is 7.45. The fourth-order valence-electron chi connectivity index (χ4n) is 4.62. The number of hydrogen-bond acceptors (Lipinski definition) is 4. The summed E-state index contributed by atoms with van der Waals surface area (Å²) in [6.45, 7) is 1.67. The fourth-order valence-corrected chi connectivity index (χ4v) is 4.89. The minimum Gasteiger partial charge on any atom is -0.293 e. The molecule has 2 aromatic carbocycles. The largest absolute Gasteiger partial charge is 0.293 e. The molecule has 0 aliphatic heterocycles. The lowest BCUT2D eigenvalue weighted by Crippen LogP contribution is -2.35. The lowest BCUT2D eigenvalue weighted by molar-refractivity contribution is -0.545. The van der Waals surface area contributed by atoms with Crippen LogP contribution in [0.2, 0.25) is 0 Å². The lowest BCUT2D eigenvalue weighted by atomic mass is 9.91. The molecule has 0 bridgehead atoms. The van der Waals surface area contributed by atoms with Gasteiger partial charge in [0.15, 0.2) is 17.0 Å². The van der Waals surface area contributed by atoms with Gasteiger partial charge in [-0.15, -0.1) is 0 Å². The molecule has 4 rings (SSSR count). The summed E-state index contributed by atoms with van der Waals surface area (Å²) in [6, 6.07) is 13.6. The highest BCUT2D eigenvalue weighted by molar-refractivity contribution is 9.10. The second kappa shape index (κ2) is 5.08. The zero-order valence-electron chi connectivity index (χ0n) is 13.4. The average Bonchev–Trinajstić information content (AvgIpc) is 3.20. The molecule has 1 spiro atoms. The molecule has 2 aliphatic rings. The molecular formula is C19H14BrNO4. The van der Waals surface area contributed by atoms with Crippen molar-refractivity contribution in [2.45, 2.75) is 24.8 Å². The molecule has 25 heavy (non-hydrogen) atoms. The Balaban J connectivity index is 1.97. The number of nitro groups is 1. The molecular weight excluding hydrogens is 386 g/mol. The quantitative estimate of drug-likeness (QED) is 0.443. The molecule has 1 saturated carbocycles. The topological polar surface area (TPSA) is 77.3 Å². The van der Waals surface area contributed by atoms with Crippen molar-refractivity contribution in [2.75, 3.05) is 0 Å². The summed E-state index contributed by atoms with van der Waals surface area (Å²) in [5.74, 6) is -1.58. The zero-order valence-corrected chi connectivity index (χ0v) is 14.9. The number of nitrogens with zero attached hydrogens (tertiary/aromatic N) is 1. The Bertz CT molecular complexity index is 902. The SMILES string of the molecule is CC[C@]1([N+](=O)[O-])[C@H](c2ccc(Br)cc2)C12C(=O)c1ccccc1C2=O. The van der Waals surface area contributed by atoms with Crippen molar-refractivity contribution < 1.29 is 14.5 Å². The van der Waals surface area contributed by atoms with E-state index < -0.39 is 33.4 Å². The first-order valence-electron chi connectivity index (χ1n) is 8.01. The van der Waals surface area contributed by atoms with Gasteiger partial charge < -0.3 is 0 Å². The number of Topliss-reactive ketones (excluding diaryl/α,β-unsaturated/α-hetero) is 2. The Hall–Kier alpha value is -2.34. The molecule has 2 aliphatic carbocycles. The smallest absolute Gasteiger partial charge is 0.251 e. The number of carbonyl (C=O) groups is 2. The highest BCUT2D eigenvalue weighted by Gasteiger charge is 2.93. The predicted molar refractivity (Wildman–Crippen MR) is 94.4 cm³/mol. The molecule has 1 fully saturated rings. The van der Waals surface area contributed by atoms with Crippen LogP contribution in [0.1, 0.15) is 45.5 Å². The van der Waals surface area contributed by atoms with Gasteiger partial charge in [0.25, 0.3) is 5.54 Å². The number of halogens is 1. The summed E-state index contributed by atoms with van der Waals surface area (Å²) in [7, 11) is 0. The van der Waals surface area contributed by atoms with Crippen molar-refractivity contribution >= 4 is 27.5 Å². The second-order valence-electron chi connectivity index (χ2n) is 6.53. The van der Waals surface area contributed by atoms with E-state index in [0.29, 0.717) is 16.7 Å². The third-order valence-corrected chi connectivity index (χ3v) is 6.24. The van der Waals surface area contributed by atoms with Crippen LogP contribution in [0, 0.1) is 15.5 Å². The van der Waals surface area contributed by atoms with E-state index in [2.05, 4.69) is 15.9 Å². The maximum absolute atomic E-state index is 13.2. The highest BCUT2D eigenvalue weighted by Crippen LogP contribution is 2.75. The number of fused-ring (bicyclic) bond motifs is 1. The van der Waals surface area contributed by atoms with Crippen molar-refractivity contribution in [1.82, 2.24) is 0 Å². The molecule has 2 aromatic rings. The van der Waals surface area contributed by atoms with E-state index in [1.165, 1.54) is 0 Å². The van der Waals surface area contributed by atoms with Crippen molar-refractivity contribution in [3.8, 4) is 0 Å². The standard InChI is InChI=1S/C19H14BrNO4/c1-2-18(21(24)25)15(11-7-9-12(20)10-8-11)19(18)16(22)13-5-3-4-6-14(13)17(19)23/h3-10,15H,2H2,1H3/t15-,18-/m0/s1. The molecule has 2 atom stereocenters. The number of benzene rings is 2.